The van der Waals surface area contributed by atoms with E-state index < -0.39 is 25.2 Å². The highest BCUT2D eigenvalue weighted by molar-refractivity contribution is 5.95. The van der Waals surface area contributed by atoms with E-state index >= 15 is 0 Å². The van der Waals surface area contributed by atoms with Crippen molar-refractivity contribution in [3.8, 4) is 17.0 Å². The van der Waals surface area contributed by atoms with Crippen molar-refractivity contribution in [2.45, 2.75) is 12.6 Å². The molecule has 3 aromatic rings. The van der Waals surface area contributed by atoms with Gasteiger partial charge < -0.3 is 14.8 Å². The quantitative estimate of drug-likeness (QED) is 0.691. The maximum Gasteiger partial charge on any atom is 0.392 e. The smallest absolute Gasteiger partial charge is 0.392 e. The highest BCUT2D eigenvalue weighted by atomic mass is 19.4. The summed E-state index contributed by atoms with van der Waals surface area (Å²) in [7, 11) is 0. The van der Waals surface area contributed by atoms with Gasteiger partial charge in [0.15, 0.2) is 5.75 Å². The molecule has 0 aliphatic carbocycles. The summed E-state index contributed by atoms with van der Waals surface area (Å²) in [4.78, 5) is 14.1. The zero-order chi connectivity index (χ0) is 18.0. The largest absolute Gasteiger partial charge is 0.490 e. The molecule has 2 aromatic carbocycles. The van der Waals surface area contributed by atoms with Crippen LogP contribution >= 0.6 is 0 Å². The van der Waals surface area contributed by atoms with Crippen LogP contribution in [0, 0.1) is 0 Å². The molecule has 4 nitrogen and oxygen atoms in total. The van der Waals surface area contributed by atoms with Gasteiger partial charge in [-0.15, -0.1) is 0 Å². The van der Waals surface area contributed by atoms with Crippen molar-refractivity contribution in [2.75, 3.05) is 6.61 Å². The van der Waals surface area contributed by atoms with Crippen LogP contribution in [0.15, 0.2) is 48.5 Å². The number of hydrogen-bond donors (Lipinski definition) is 2. The summed E-state index contributed by atoms with van der Waals surface area (Å²) in [5, 5.41) is 9.64. The summed E-state index contributed by atoms with van der Waals surface area (Å²) >= 11 is 0. The van der Waals surface area contributed by atoms with Gasteiger partial charge in [-0.2, -0.15) is 13.2 Å². The van der Waals surface area contributed by atoms with Gasteiger partial charge in [0.2, 0.25) is 0 Å². The molecular formula is C18H14F3NO3. The Hall–Kier alpha value is -2.96. The summed E-state index contributed by atoms with van der Waals surface area (Å²) in [5.41, 5.74) is 1.99. The van der Waals surface area contributed by atoms with Crippen molar-refractivity contribution in [3.63, 3.8) is 0 Å². The van der Waals surface area contributed by atoms with Gasteiger partial charge in [-0.3, -0.25) is 0 Å². The summed E-state index contributed by atoms with van der Waals surface area (Å²) in [5.74, 6) is -0.729. The van der Waals surface area contributed by atoms with Crippen molar-refractivity contribution >= 4 is 16.9 Å². The lowest BCUT2D eigenvalue weighted by Gasteiger charge is -2.10. The molecule has 0 amide bonds. The van der Waals surface area contributed by atoms with E-state index in [2.05, 4.69) is 4.98 Å². The molecule has 0 fully saturated rings. The lowest BCUT2D eigenvalue weighted by molar-refractivity contribution is -0.139. The monoisotopic (exact) mass is 349 g/mol. The molecule has 2 N–H and O–H groups in total. The van der Waals surface area contributed by atoms with Gasteiger partial charge in [-0.05, 0) is 24.3 Å². The third-order valence-corrected chi connectivity index (χ3v) is 3.71. The summed E-state index contributed by atoms with van der Waals surface area (Å²) in [6.07, 6.45) is -5.35. The highest BCUT2D eigenvalue weighted by Crippen LogP contribution is 2.37. The van der Waals surface area contributed by atoms with Crippen molar-refractivity contribution < 1.29 is 27.8 Å². The van der Waals surface area contributed by atoms with Gasteiger partial charge in [-0.25, -0.2) is 4.79 Å². The number of carbonyl (C=O) groups is 1. The number of alkyl halides is 3. The molecule has 0 radical (unpaired) electrons. The molecule has 1 heterocycles. The minimum absolute atomic E-state index is 0.124. The second kappa shape index (κ2) is 6.51. The predicted molar refractivity (Wildman–Crippen MR) is 86.9 cm³/mol. The Morgan fingerprint density at radius 3 is 2.40 bits per heavy atom. The fourth-order valence-corrected chi connectivity index (χ4v) is 2.52. The number of para-hydroxylation sites is 1. The Morgan fingerprint density at radius 1 is 1.08 bits per heavy atom. The summed E-state index contributed by atoms with van der Waals surface area (Å²) in [6.45, 7) is -0.494. The summed E-state index contributed by atoms with van der Waals surface area (Å²) in [6, 6.07) is 13.2. The van der Waals surface area contributed by atoms with E-state index in [-0.39, 0.29) is 5.56 Å². The molecule has 0 saturated carbocycles. The average molecular weight is 349 g/mol. The van der Waals surface area contributed by atoms with E-state index in [1.54, 1.807) is 36.4 Å². The van der Waals surface area contributed by atoms with Crippen LogP contribution in [0.5, 0.6) is 5.75 Å². The van der Waals surface area contributed by atoms with Gasteiger partial charge >= 0.3 is 12.1 Å². The van der Waals surface area contributed by atoms with Crippen LogP contribution in [0.25, 0.3) is 22.2 Å². The number of carboxylic acid groups (broad SMARTS) is 1. The number of rotatable bonds is 5. The van der Waals surface area contributed by atoms with Crippen LogP contribution in [-0.4, -0.2) is 28.8 Å². The van der Waals surface area contributed by atoms with E-state index in [0.29, 0.717) is 22.4 Å². The molecular weight excluding hydrogens is 335 g/mol. The van der Waals surface area contributed by atoms with Crippen LogP contribution in [0.4, 0.5) is 13.2 Å². The third kappa shape index (κ3) is 3.76. The SMILES string of the molecule is O=C(O)c1ccc(-c2[nH]c3ccccc3c2OCCC(F)(F)F)cc1. The van der Waals surface area contributed by atoms with Crippen LogP contribution in [0.2, 0.25) is 0 Å². The minimum Gasteiger partial charge on any atom is -0.490 e. The first-order valence-electron chi connectivity index (χ1n) is 7.49. The average Bonchev–Trinajstić information content (AvgIpc) is 2.93. The molecule has 0 atom stereocenters. The van der Waals surface area contributed by atoms with E-state index in [9.17, 15) is 18.0 Å². The second-order valence-corrected chi connectivity index (χ2v) is 5.47. The van der Waals surface area contributed by atoms with E-state index in [4.69, 9.17) is 9.84 Å². The lowest BCUT2D eigenvalue weighted by Crippen LogP contribution is -2.13. The van der Waals surface area contributed by atoms with Crippen molar-refractivity contribution in [3.05, 3.63) is 54.1 Å². The van der Waals surface area contributed by atoms with Gasteiger partial charge in [0, 0.05) is 16.5 Å². The number of halogens is 3. The molecule has 0 saturated heterocycles. The molecule has 130 valence electrons. The van der Waals surface area contributed by atoms with Crippen molar-refractivity contribution in [2.24, 2.45) is 0 Å². The van der Waals surface area contributed by atoms with E-state index in [1.165, 1.54) is 12.1 Å². The maximum atomic E-state index is 12.4. The zero-order valence-corrected chi connectivity index (χ0v) is 12.9. The normalized spacial score (nSPS) is 11.6. The first-order chi connectivity index (χ1) is 11.8. The van der Waals surface area contributed by atoms with Gasteiger partial charge in [0.25, 0.3) is 0 Å². The Kier molecular flexibility index (Phi) is 4.39. The molecule has 0 unspecified atom stereocenters. The Bertz CT molecular complexity index is 898. The number of aromatic amines is 1. The molecule has 0 aliphatic heterocycles. The summed E-state index contributed by atoms with van der Waals surface area (Å²) < 4.78 is 42.6. The van der Waals surface area contributed by atoms with E-state index in [1.807, 2.05) is 0 Å². The molecule has 1 aromatic heterocycles. The van der Waals surface area contributed by atoms with Crippen LogP contribution in [0.3, 0.4) is 0 Å². The van der Waals surface area contributed by atoms with Crippen molar-refractivity contribution in [1.82, 2.24) is 4.98 Å². The van der Waals surface area contributed by atoms with Crippen LogP contribution < -0.4 is 4.74 Å². The standard InChI is InChI=1S/C18H14F3NO3/c19-18(20,21)9-10-25-16-13-3-1-2-4-14(13)22-15(16)11-5-7-12(8-6-11)17(23)24/h1-8,22H,9-10H2,(H,23,24). The van der Waals surface area contributed by atoms with Gasteiger partial charge in [0.05, 0.1) is 24.3 Å². The number of carboxylic acids is 1. The highest BCUT2D eigenvalue weighted by Gasteiger charge is 2.27. The fourth-order valence-electron chi connectivity index (χ4n) is 2.52. The number of aromatic carboxylic acids is 1. The topological polar surface area (TPSA) is 62.3 Å². The van der Waals surface area contributed by atoms with Crippen molar-refractivity contribution in [1.29, 1.82) is 0 Å². The zero-order valence-electron chi connectivity index (χ0n) is 12.9. The molecule has 0 spiro atoms. The predicted octanol–water partition coefficient (Wildman–Crippen LogP) is 4.86. The third-order valence-electron chi connectivity index (χ3n) is 3.71. The number of benzene rings is 2. The van der Waals surface area contributed by atoms with Crippen LogP contribution in [0.1, 0.15) is 16.8 Å². The Labute approximate surface area is 140 Å². The first-order valence-corrected chi connectivity index (χ1v) is 7.49. The molecule has 25 heavy (non-hydrogen) atoms. The number of ether oxygens (including phenoxy) is 1. The van der Waals surface area contributed by atoms with Gasteiger partial charge in [-0.1, -0.05) is 24.3 Å². The lowest BCUT2D eigenvalue weighted by atomic mass is 10.1. The Morgan fingerprint density at radius 2 is 1.76 bits per heavy atom. The number of nitrogens with one attached hydrogen (secondary N) is 1. The second-order valence-electron chi connectivity index (χ2n) is 5.47. The minimum atomic E-state index is -4.30. The number of fused-ring (bicyclic) bond motifs is 1. The number of hydrogen-bond acceptors (Lipinski definition) is 2. The maximum absolute atomic E-state index is 12.4. The molecule has 0 bridgehead atoms. The molecule has 0 aliphatic rings. The Balaban J connectivity index is 1.98. The molecule has 7 heteroatoms. The molecule has 3 rings (SSSR count). The van der Waals surface area contributed by atoms with Gasteiger partial charge in [0.1, 0.15) is 0 Å². The number of H-pyrrole nitrogens is 1. The number of aromatic nitrogens is 1. The van der Waals surface area contributed by atoms with E-state index in [0.717, 1.165) is 5.52 Å². The van der Waals surface area contributed by atoms with Crippen LogP contribution in [-0.2, 0) is 0 Å². The first kappa shape index (κ1) is 16.9. The fraction of sp³-hybridized carbons (Fsp3) is 0.167.